The third-order valence-electron chi connectivity index (χ3n) is 2.66. The Morgan fingerprint density at radius 3 is 2.61 bits per heavy atom. The Morgan fingerprint density at radius 1 is 1.22 bits per heavy atom. The second-order valence-electron chi connectivity index (χ2n) is 3.97. The summed E-state index contributed by atoms with van der Waals surface area (Å²) in [6.45, 7) is 2.56. The van der Waals surface area contributed by atoms with Crippen LogP contribution in [0.2, 0.25) is 5.02 Å². The van der Waals surface area contributed by atoms with Crippen LogP contribution in [0.15, 0.2) is 40.9 Å². The number of benzene rings is 2. The first-order chi connectivity index (χ1) is 8.60. The van der Waals surface area contributed by atoms with E-state index in [1.54, 1.807) is 12.1 Å². The average Bonchev–Trinajstić information content (AvgIpc) is 2.33. The van der Waals surface area contributed by atoms with Gasteiger partial charge >= 0.3 is 0 Å². The van der Waals surface area contributed by atoms with Crippen molar-refractivity contribution in [2.75, 3.05) is 0 Å². The predicted molar refractivity (Wildman–Crippen MR) is 78.3 cm³/mol. The fourth-order valence-corrected chi connectivity index (χ4v) is 2.41. The Morgan fingerprint density at radius 2 is 2.00 bits per heavy atom. The highest BCUT2D eigenvalue weighted by Crippen LogP contribution is 2.32. The third-order valence-corrected chi connectivity index (χ3v) is 3.51. The Bertz CT molecular complexity index is 572. The van der Waals surface area contributed by atoms with E-state index in [0.717, 1.165) is 27.1 Å². The smallest absolute Gasteiger partial charge is 0.141 e. The minimum Gasteiger partial charge on any atom is -0.456 e. The van der Waals surface area contributed by atoms with E-state index < -0.39 is 0 Å². The number of hydrogen-bond acceptors (Lipinski definition) is 2. The Kier molecular flexibility index (Phi) is 4.27. The highest BCUT2D eigenvalue weighted by molar-refractivity contribution is 9.10. The number of aryl methyl sites for hydroxylation is 1. The van der Waals surface area contributed by atoms with E-state index in [4.69, 9.17) is 22.1 Å². The molecule has 0 bridgehead atoms. The van der Waals surface area contributed by atoms with Crippen molar-refractivity contribution in [1.82, 2.24) is 0 Å². The van der Waals surface area contributed by atoms with Gasteiger partial charge in [-0.2, -0.15) is 0 Å². The van der Waals surface area contributed by atoms with Gasteiger partial charge in [0.2, 0.25) is 0 Å². The van der Waals surface area contributed by atoms with E-state index in [0.29, 0.717) is 11.6 Å². The van der Waals surface area contributed by atoms with Crippen molar-refractivity contribution in [2.45, 2.75) is 13.5 Å². The molecule has 0 heterocycles. The lowest BCUT2D eigenvalue weighted by molar-refractivity contribution is 0.479. The second-order valence-corrected chi connectivity index (χ2v) is 5.26. The summed E-state index contributed by atoms with van der Waals surface area (Å²) in [5.74, 6) is 1.52. The summed E-state index contributed by atoms with van der Waals surface area (Å²) >= 11 is 9.31. The highest BCUT2D eigenvalue weighted by Gasteiger charge is 2.05. The predicted octanol–water partition coefficient (Wildman–Crippen LogP) is 4.66. The zero-order valence-corrected chi connectivity index (χ0v) is 12.3. The molecule has 0 amide bonds. The molecule has 0 aromatic heterocycles. The molecule has 0 atom stereocenters. The minimum atomic E-state index is 0.538. The lowest BCUT2D eigenvalue weighted by Crippen LogP contribution is -1.99. The molecule has 0 aliphatic heterocycles. The van der Waals surface area contributed by atoms with Gasteiger partial charge in [0.05, 0.1) is 4.47 Å². The van der Waals surface area contributed by atoms with E-state index >= 15 is 0 Å². The maximum Gasteiger partial charge on any atom is 0.141 e. The minimum absolute atomic E-state index is 0.538. The van der Waals surface area contributed by atoms with E-state index in [2.05, 4.69) is 15.9 Å². The van der Waals surface area contributed by atoms with Crippen LogP contribution in [0.1, 0.15) is 11.1 Å². The van der Waals surface area contributed by atoms with Crippen LogP contribution in [0.5, 0.6) is 11.5 Å². The molecule has 0 spiro atoms. The highest BCUT2D eigenvalue weighted by atomic mass is 79.9. The van der Waals surface area contributed by atoms with Gasteiger partial charge in [-0.3, -0.25) is 0 Å². The van der Waals surface area contributed by atoms with Gasteiger partial charge in [0, 0.05) is 11.6 Å². The lowest BCUT2D eigenvalue weighted by Gasteiger charge is -2.10. The van der Waals surface area contributed by atoms with Gasteiger partial charge < -0.3 is 10.5 Å². The van der Waals surface area contributed by atoms with Gasteiger partial charge in [0.1, 0.15) is 11.5 Å². The van der Waals surface area contributed by atoms with E-state index in [9.17, 15) is 0 Å². The fourth-order valence-electron chi connectivity index (χ4n) is 1.65. The monoisotopic (exact) mass is 325 g/mol. The van der Waals surface area contributed by atoms with Gasteiger partial charge in [-0.25, -0.2) is 0 Å². The molecule has 2 rings (SSSR count). The SMILES string of the molecule is Cc1cc(Oc2ccc(Cl)cc2Br)ccc1CN. The molecule has 0 aliphatic rings. The summed E-state index contributed by atoms with van der Waals surface area (Å²) in [4.78, 5) is 0. The molecule has 2 nitrogen and oxygen atoms in total. The molecule has 0 saturated heterocycles. The molecular formula is C14H13BrClNO. The number of ether oxygens (including phenoxy) is 1. The summed E-state index contributed by atoms with van der Waals surface area (Å²) in [6.07, 6.45) is 0. The maximum absolute atomic E-state index is 5.89. The standard InChI is InChI=1S/C14H13BrClNO/c1-9-6-12(4-2-10(9)8-17)18-14-5-3-11(16)7-13(14)15/h2-7H,8,17H2,1H3. The van der Waals surface area contributed by atoms with Crippen molar-refractivity contribution in [3.8, 4) is 11.5 Å². The Hall–Kier alpha value is -1.03. The normalized spacial score (nSPS) is 10.4. The van der Waals surface area contributed by atoms with Crippen LogP contribution >= 0.6 is 27.5 Å². The van der Waals surface area contributed by atoms with Gasteiger partial charge in [-0.1, -0.05) is 17.7 Å². The van der Waals surface area contributed by atoms with Crippen molar-refractivity contribution >= 4 is 27.5 Å². The van der Waals surface area contributed by atoms with Crippen molar-refractivity contribution < 1.29 is 4.74 Å². The molecule has 0 fully saturated rings. The van der Waals surface area contributed by atoms with E-state index in [1.165, 1.54) is 0 Å². The molecule has 0 radical (unpaired) electrons. The topological polar surface area (TPSA) is 35.2 Å². The zero-order chi connectivity index (χ0) is 13.1. The molecule has 18 heavy (non-hydrogen) atoms. The summed E-state index contributed by atoms with van der Waals surface area (Å²) in [5.41, 5.74) is 7.88. The summed E-state index contributed by atoms with van der Waals surface area (Å²) in [5, 5.41) is 0.670. The van der Waals surface area contributed by atoms with Crippen LogP contribution in [-0.4, -0.2) is 0 Å². The summed E-state index contributed by atoms with van der Waals surface area (Å²) < 4.78 is 6.63. The third kappa shape index (κ3) is 3.05. The molecule has 0 aliphatic carbocycles. The quantitative estimate of drug-likeness (QED) is 0.890. The van der Waals surface area contributed by atoms with Crippen LogP contribution in [-0.2, 0) is 6.54 Å². The first kappa shape index (κ1) is 13.4. The van der Waals surface area contributed by atoms with Gasteiger partial charge in [-0.15, -0.1) is 0 Å². The maximum atomic E-state index is 5.89. The molecule has 2 N–H and O–H groups in total. The molecule has 4 heteroatoms. The van der Waals surface area contributed by atoms with Crippen molar-refractivity contribution in [2.24, 2.45) is 5.73 Å². The number of nitrogens with two attached hydrogens (primary N) is 1. The van der Waals surface area contributed by atoms with E-state index in [1.807, 2.05) is 31.2 Å². The van der Waals surface area contributed by atoms with Crippen molar-refractivity contribution in [3.63, 3.8) is 0 Å². The zero-order valence-electron chi connectivity index (χ0n) is 9.91. The van der Waals surface area contributed by atoms with Gasteiger partial charge in [0.25, 0.3) is 0 Å². The molecule has 0 unspecified atom stereocenters. The lowest BCUT2D eigenvalue weighted by atomic mass is 10.1. The largest absolute Gasteiger partial charge is 0.456 e. The van der Waals surface area contributed by atoms with Crippen LogP contribution in [0, 0.1) is 6.92 Å². The number of halogens is 2. The van der Waals surface area contributed by atoms with Crippen LogP contribution in [0.25, 0.3) is 0 Å². The van der Waals surface area contributed by atoms with Crippen molar-refractivity contribution in [3.05, 3.63) is 57.0 Å². The second kappa shape index (κ2) is 5.74. The van der Waals surface area contributed by atoms with Crippen LogP contribution in [0.3, 0.4) is 0 Å². The first-order valence-corrected chi connectivity index (χ1v) is 6.70. The summed E-state index contributed by atoms with van der Waals surface area (Å²) in [6, 6.07) is 11.3. The van der Waals surface area contributed by atoms with Gasteiger partial charge in [0.15, 0.2) is 0 Å². The number of rotatable bonds is 3. The molecule has 2 aromatic rings. The Balaban J connectivity index is 2.26. The molecule has 0 saturated carbocycles. The van der Waals surface area contributed by atoms with E-state index in [-0.39, 0.29) is 0 Å². The fraction of sp³-hybridized carbons (Fsp3) is 0.143. The van der Waals surface area contributed by atoms with Crippen LogP contribution < -0.4 is 10.5 Å². The molecule has 2 aromatic carbocycles. The van der Waals surface area contributed by atoms with Crippen molar-refractivity contribution in [1.29, 1.82) is 0 Å². The average molecular weight is 327 g/mol. The summed E-state index contributed by atoms with van der Waals surface area (Å²) in [7, 11) is 0. The molecule has 94 valence electrons. The van der Waals surface area contributed by atoms with Gasteiger partial charge in [-0.05, 0) is 64.3 Å². The number of hydrogen-bond donors (Lipinski definition) is 1. The Labute approximate surface area is 120 Å². The molecular weight excluding hydrogens is 314 g/mol. The van der Waals surface area contributed by atoms with Crippen LogP contribution in [0.4, 0.5) is 0 Å². The first-order valence-electron chi connectivity index (χ1n) is 5.52.